The normalized spacial score (nSPS) is 10.0. The standard InChI is InChI=1S/C9H7BrF2O2/c1-14-7(13)4-5-2-3-6(10)9(12)8(5)11/h2-3H,4H2,1H3. The molecular formula is C9H7BrF2O2. The van der Waals surface area contributed by atoms with Crippen molar-refractivity contribution in [3.8, 4) is 0 Å². The first-order chi connectivity index (χ1) is 6.56. The third kappa shape index (κ3) is 2.29. The lowest BCUT2D eigenvalue weighted by Gasteiger charge is -2.03. The van der Waals surface area contributed by atoms with Crippen LogP contribution in [0.15, 0.2) is 16.6 Å². The molecule has 1 aromatic rings. The molecule has 0 amide bonds. The van der Waals surface area contributed by atoms with Crippen LogP contribution in [0.5, 0.6) is 0 Å². The Hall–Kier alpha value is -0.970. The van der Waals surface area contributed by atoms with E-state index in [1.807, 2.05) is 0 Å². The number of hydrogen-bond acceptors (Lipinski definition) is 2. The van der Waals surface area contributed by atoms with E-state index in [1.165, 1.54) is 19.2 Å². The van der Waals surface area contributed by atoms with Crippen LogP contribution in [0.1, 0.15) is 5.56 Å². The first-order valence-corrected chi connectivity index (χ1v) is 4.54. The molecule has 0 bridgehead atoms. The fourth-order valence-corrected chi connectivity index (χ4v) is 1.24. The van der Waals surface area contributed by atoms with Gasteiger partial charge in [0.05, 0.1) is 18.0 Å². The number of esters is 1. The Labute approximate surface area is 88.0 Å². The maximum atomic E-state index is 13.1. The first-order valence-electron chi connectivity index (χ1n) is 3.75. The van der Waals surface area contributed by atoms with Crippen LogP contribution in [0.3, 0.4) is 0 Å². The zero-order chi connectivity index (χ0) is 10.7. The van der Waals surface area contributed by atoms with Crippen LogP contribution in [-0.2, 0) is 16.0 Å². The van der Waals surface area contributed by atoms with Gasteiger partial charge < -0.3 is 4.74 Å². The van der Waals surface area contributed by atoms with Gasteiger partial charge in [0.2, 0.25) is 0 Å². The van der Waals surface area contributed by atoms with E-state index in [4.69, 9.17) is 0 Å². The van der Waals surface area contributed by atoms with Gasteiger partial charge in [-0.05, 0) is 22.0 Å². The summed E-state index contributed by atoms with van der Waals surface area (Å²) in [6.45, 7) is 0. The molecule has 0 atom stereocenters. The van der Waals surface area contributed by atoms with Gasteiger partial charge in [-0.3, -0.25) is 4.79 Å². The summed E-state index contributed by atoms with van der Waals surface area (Å²) in [4.78, 5) is 10.8. The summed E-state index contributed by atoms with van der Waals surface area (Å²) in [7, 11) is 1.19. The Morgan fingerprint density at radius 2 is 2.07 bits per heavy atom. The number of carbonyl (C=O) groups excluding carboxylic acids is 1. The number of methoxy groups -OCH3 is 1. The Morgan fingerprint density at radius 1 is 1.43 bits per heavy atom. The molecule has 0 N–H and O–H groups in total. The van der Waals surface area contributed by atoms with Crippen molar-refractivity contribution in [2.24, 2.45) is 0 Å². The molecule has 76 valence electrons. The molecule has 5 heteroatoms. The van der Waals surface area contributed by atoms with Crippen molar-refractivity contribution in [3.63, 3.8) is 0 Å². The quantitative estimate of drug-likeness (QED) is 0.606. The lowest BCUT2D eigenvalue weighted by molar-refractivity contribution is -0.139. The van der Waals surface area contributed by atoms with Crippen molar-refractivity contribution in [1.29, 1.82) is 0 Å². The summed E-state index contributed by atoms with van der Waals surface area (Å²) in [5, 5.41) is 0. The molecule has 0 saturated carbocycles. The van der Waals surface area contributed by atoms with E-state index >= 15 is 0 Å². The van der Waals surface area contributed by atoms with Gasteiger partial charge in [-0.1, -0.05) is 6.07 Å². The van der Waals surface area contributed by atoms with Crippen LogP contribution in [0, 0.1) is 11.6 Å². The van der Waals surface area contributed by atoms with Crippen LogP contribution < -0.4 is 0 Å². The maximum Gasteiger partial charge on any atom is 0.310 e. The number of ether oxygens (including phenoxy) is 1. The third-order valence-electron chi connectivity index (χ3n) is 1.68. The number of hydrogen-bond donors (Lipinski definition) is 0. The maximum absolute atomic E-state index is 13.1. The van der Waals surface area contributed by atoms with Crippen molar-refractivity contribution in [2.45, 2.75) is 6.42 Å². The van der Waals surface area contributed by atoms with E-state index in [1.54, 1.807) is 0 Å². The fourth-order valence-electron chi connectivity index (χ4n) is 0.930. The highest BCUT2D eigenvalue weighted by molar-refractivity contribution is 9.10. The number of rotatable bonds is 2. The molecule has 0 fully saturated rings. The van der Waals surface area contributed by atoms with Crippen LogP contribution in [-0.4, -0.2) is 13.1 Å². The summed E-state index contributed by atoms with van der Waals surface area (Å²) in [6.07, 6.45) is -0.271. The minimum absolute atomic E-state index is 0.0162. The number of carbonyl (C=O) groups is 1. The average Bonchev–Trinajstić information content (AvgIpc) is 2.19. The molecule has 0 aromatic heterocycles. The van der Waals surface area contributed by atoms with Crippen LogP contribution in [0.2, 0.25) is 0 Å². The van der Waals surface area contributed by atoms with Crippen molar-refractivity contribution in [1.82, 2.24) is 0 Å². The highest BCUT2D eigenvalue weighted by Gasteiger charge is 2.14. The van der Waals surface area contributed by atoms with E-state index < -0.39 is 17.6 Å². The minimum Gasteiger partial charge on any atom is -0.469 e. The molecule has 2 nitrogen and oxygen atoms in total. The second kappa shape index (κ2) is 4.50. The molecule has 0 aliphatic carbocycles. The number of benzene rings is 1. The zero-order valence-corrected chi connectivity index (χ0v) is 8.90. The van der Waals surface area contributed by atoms with Crippen molar-refractivity contribution in [2.75, 3.05) is 7.11 Å². The number of halogens is 3. The SMILES string of the molecule is COC(=O)Cc1ccc(Br)c(F)c1F. The van der Waals surface area contributed by atoms with Gasteiger partial charge in [0, 0.05) is 5.56 Å². The summed E-state index contributed by atoms with van der Waals surface area (Å²) in [5.74, 6) is -2.62. The second-order valence-corrected chi connectivity index (χ2v) is 3.44. The van der Waals surface area contributed by atoms with Gasteiger partial charge >= 0.3 is 5.97 Å². The van der Waals surface area contributed by atoms with E-state index in [2.05, 4.69) is 20.7 Å². The highest BCUT2D eigenvalue weighted by atomic mass is 79.9. The molecule has 1 aromatic carbocycles. The largest absolute Gasteiger partial charge is 0.469 e. The molecular weight excluding hydrogens is 258 g/mol. The van der Waals surface area contributed by atoms with E-state index in [0.717, 1.165) is 0 Å². The van der Waals surface area contributed by atoms with Gasteiger partial charge in [0.25, 0.3) is 0 Å². The Bertz CT molecular complexity index is 366. The summed E-state index contributed by atoms with van der Waals surface area (Å²) >= 11 is 2.83. The van der Waals surface area contributed by atoms with E-state index in [0.29, 0.717) is 0 Å². The summed E-state index contributed by atoms with van der Waals surface area (Å²) in [6, 6.07) is 2.68. The molecule has 0 aliphatic rings. The Morgan fingerprint density at radius 3 is 2.64 bits per heavy atom. The molecule has 0 heterocycles. The predicted molar refractivity (Wildman–Crippen MR) is 49.8 cm³/mol. The van der Waals surface area contributed by atoms with Crippen LogP contribution in [0.4, 0.5) is 8.78 Å². The average molecular weight is 265 g/mol. The first kappa shape index (κ1) is 11.1. The molecule has 0 spiro atoms. The Kier molecular flexibility index (Phi) is 3.57. The lowest BCUT2D eigenvalue weighted by atomic mass is 10.1. The molecule has 0 radical (unpaired) electrons. The second-order valence-electron chi connectivity index (χ2n) is 2.59. The van der Waals surface area contributed by atoms with Gasteiger partial charge in [-0.15, -0.1) is 0 Å². The lowest BCUT2D eigenvalue weighted by Crippen LogP contribution is -2.07. The van der Waals surface area contributed by atoms with Crippen molar-refractivity contribution < 1.29 is 18.3 Å². The van der Waals surface area contributed by atoms with E-state index in [9.17, 15) is 13.6 Å². The smallest absolute Gasteiger partial charge is 0.310 e. The zero-order valence-electron chi connectivity index (χ0n) is 7.31. The van der Waals surface area contributed by atoms with Crippen LogP contribution in [0.25, 0.3) is 0 Å². The fraction of sp³-hybridized carbons (Fsp3) is 0.222. The van der Waals surface area contributed by atoms with Gasteiger partial charge in [0.15, 0.2) is 11.6 Å². The van der Waals surface area contributed by atoms with Gasteiger partial charge in [0.1, 0.15) is 0 Å². The minimum atomic E-state index is -1.02. The predicted octanol–water partition coefficient (Wildman–Crippen LogP) is 2.44. The monoisotopic (exact) mass is 264 g/mol. The van der Waals surface area contributed by atoms with Crippen molar-refractivity contribution >= 4 is 21.9 Å². The molecule has 0 unspecified atom stereocenters. The van der Waals surface area contributed by atoms with Gasteiger partial charge in [-0.25, -0.2) is 8.78 Å². The highest BCUT2D eigenvalue weighted by Crippen LogP contribution is 2.21. The summed E-state index contributed by atoms with van der Waals surface area (Å²) < 4.78 is 30.5. The van der Waals surface area contributed by atoms with Crippen molar-refractivity contribution in [3.05, 3.63) is 33.8 Å². The summed E-state index contributed by atoms with van der Waals surface area (Å²) in [5.41, 5.74) is -0.0162. The van der Waals surface area contributed by atoms with Gasteiger partial charge in [-0.2, -0.15) is 0 Å². The molecule has 14 heavy (non-hydrogen) atoms. The Balaban J connectivity index is 3.00. The molecule has 1 rings (SSSR count). The van der Waals surface area contributed by atoms with E-state index in [-0.39, 0.29) is 16.5 Å². The molecule has 0 aliphatic heterocycles. The topological polar surface area (TPSA) is 26.3 Å². The third-order valence-corrected chi connectivity index (χ3v) is 2.29. The van der Waals surface area contributed by atoms with Crippen LogP contribution >= 0.6 is 15.9 Å². The molecule has 0 saturated heterocycles.